The summed E-state index contributed by atoms with van der Waals surface area (Å²) in [7, 11) is -3.77. The Hall–Kier alpha value is -3.07. The van der Waals surface area contributed by atoms with E-state index in [0.717, 1.165) is 11.1 Å². The molecule has 7 nitrogen and oxygen atoms in total. The van der Waals surface area contributed by atoms with Crippen molar-refractivity contribution in [3.8, 4) is 0 Å². The quantitative estimate of drug-likeness (QED) is 0.435. The lowest BCUT2D eigenvalue weighted by atomic mass is 9.95. The molecule has 150 valence electrons. The molecule has 29 heavy (non-hydrogen) atoms. The number of rotatable bonds is 8. The van der Waals surface area contributed by atoms with Crippen molar-refractivity contribution in [1.29, 1.82) is 0 Å². The third-order valence-electron chi connectivity index (χ3n) is 4.51. The van der Waals surface area contributed by atoms with Crippen molar-refractivity contribution in [3.63, 3.8) is 0 Å². The van der Waals surface area contributed by atoms with Crippen molar-refractivity contribution in [2.75, 3.05) is 0 Å². The van der Waals surface area contributed by atoms with Crippen LogP contribution in [-0.2, 0) is 15.8 Å². The normalized spacial score (nSPS) is 13.6. The van der Waals surface area contributed by atoms with Gasteiger partial charge >= 0.3 is 0 Å². The minimum atomic E-state index is -3.77. The summed E-state index contributed by atoms with van der Waals surface area (Å²) < 4.78 is 28.4. The van der Waals surface area contributed by atoms with Gasteiger partial charge in [-0.3, -0.25) is 10.1 Å². The van der Waals surface area contributed by atoms with Crippen molar-refractivity contribution in [1.82, 2.24) is 4.72 Å². The first-order valence-electron chi connectivity index (χ1n) is 8.94. The van der Waals surface area contributed by atoms with Gasteiger partial charge in [0, 0.05) is 12.1 Å². The molecule has 3 aromatic rings. The van der Waals surface area contributed by atoms with Crippen LogP contribution in [0.2, 0.25) is 0 Å². The van der Waals surface area contributed by atoms with Crippen LogP contribution in [0.3, 0.4) is 0 Å². The lowest BCUT2D eigenvalue weighted by Gasteiger charge is -2.26. The zero-order valence-corrected chi connectivity index (χ0v) is 16.3. The van der Waals surface area contributed by atoms with Crippen LogP contribution in [0.15, 0.2) is 84.9 Å². The van der Waals surface area contributed by atoms with E-state index in [4.69, 9.17) is 5.73 Å². The maximum absolute atomic E-state index is 12.8. The lowest BCUT2D eigenvalue weighted by molar-refractivity contribution is -0.384. The van der Waals surface area contributed by atoms with Crippen LogP contribution in [0.4, 0.5) is 5.69 Å². The number of hydrogen-bond donors (Lipinski definition) is 2. The number of non-ortho nitro benzene ring substituents is 1. The third kappa shape index (κ3) is 5.47. The van der Waals surface area contributed by atoms with E-state index in [1.807, 2.05) is 60.7 Å². The van der Waals surface area contributed by atoms with Gasteiger partial charge < -0.3 is 5.73 Å². The summed E-state index contributed by atoms with van der Waals surface area (Å²) in [4.78, 5) is 10.2. The number of nitrogens with one attached hydrogen (secondary N) is 1. The highest BCUT2D eigenvalue weighted by Crippen LogP contribution is 2.28. The first-order valence-corrected chi connectivity index (χ1v) is 10.6. The van der Waals surface area contributed by atoms with E-state index >= 15 is 0 Å². The summed E-state index contributed by atoms with van der Waals surface area (Å²) in [6, 6.07) is 22.6. The van der Waals surface area contributed by atoms with Gasteiger partial charge in [-0.05, 0) is 16.7 Å². The Morgan fingerprint density at radius 2 is 1.38 bits per heavy atom. The molecule has 0 aliphatic rings. The zero-order valence-electron chi connectivity index (χ0n) is 15.5. The van der Waals surface area contributed by atoms with Crippen LogP contribution in [0.5, 0.6) is 0 Å². The molecule has 0 aromatic heterocycles. The van der Waals surface area contributed by atoms with Gasteiger partial charge in [0.05, 0.1) is 22.8 Å². The molecule has 3 rings (SSSR count). The molecule has 2 unspecified atom stereocenters. The zero-order chi connectivity index (χ0) is 20.9. The molecule has 0 spiro atoms. The largest absolute Gasteiger partial charge is 0.322 e. The van der Waals surface area contributed by atoms with E-state index in [1.165, 1.54) is 24.3 Å². The molecule has 0 saturated heterocycles. The molecule has 0 fully saturated rings. The molecule has 2 atom stereocenters. The van der Waals surface area contributed by atoms with Crippen LogP contribution in [-0.4, -0.2) is 13.3 Å². The summed E-state index contributed by atoms with van der Waals surface area (Å²) in [6.45, 7) is 0. The number of hydrogen-bond acceptors (Lipinski definition) is 5. The van der Waals surface area contributed by atoms with Gasteiger partial charge in [-0.1, -0.05) is 72.8 Å². The highest BCUT2D eigenvalue weighted by atomic mass is 32.2. The minimum absolute atomic E-state index is 0.0904. The molecule has 0 radical (unpaired) electrons. The summed E-state index contributed by atoms with van der Waals surface area (Å²) in [5, 5.41) is 10.8. The first kappa shape index (κ1) is 20.7. The molecule has 0 aliphatic carbocycles. The fourth-order valence-electron chi connectivity index (χ4n) is 3.05. The predicted molar refractivity (Wildman–Crippen MR) is 111 cm³/mol. The second kappa shape index (κ2) is 8.95. The van der Waals surface area contributed by atoms with Crippen molar-refractivity contribution >= 4 is 15.7 Å². The molecule has 0 heterocycles. The molecule has 8 heteroatoms. The summed E-state index contributed by atoms with van der Waals surface area (Å²) in [6.07, 6.45) is 0. The molecule has 0 amide bonds. The van der Waals surface area contributed by atoms with Gasteiger partial charge in [0.15, 0.2) is 0 Å². The predicted octanol–water partition coefficient (Wildman–Crippen LogP) is 3.46. The maximum Gasteiger partial charge on any atom is 0.269 e. The summed E-state index contributed by atoms with van der Waals surface area (Å²) >= 11 is 0. The van der Waals surface area contributed by atoms with Gasteiger partial charge in [0.1, 0.15) is 0 Å². The van der Waals surface area contributed by atoms with Crippen LogP contribution in [0, 0.1) is 10.1 Å². The first-order chi connectivity index (χ1) is 13.9. The van der Waals surface area contributed by atoms with Crippen LogP contribution >= 0.6 is 0 Å². The minimum Gasteiger partial charge on any atom is -0.322 e. The number of nitro groups is 1. The van der Waals surface area contributed by atoms with Gasteiger partial charge in [-0.2, -0.15) is 0 Å². The molecule has 0 saturated carbocycles. The molecular formula is C21H21N3O4S. The summed E-state index contributed by atoms with van der Waals surface area (Å²) in [5.74, 6) is -0.310. The van der Waals surface area contributed by atoms with E-state index in [-0.39, 0.29) is 11.4 Å². The number of nitro benzene ring substituents is 1. The van der Waals surface area contributed by atoms with E-state index in [2.05, 4.69) is 4.72 Å². The molecule has 3 N–H and O–H groups in total. The standard InChI is InChI=1S/C21H21N3O4S/c22-20(17-7-3-1-4-8-17)21(18-9-5-2-6-10-18)23-29(27,28)15-16-11-13-19(14-12-16)24(25)26/h1-14,20-21,23H,15,22H2. The van der Waals surface area contributed by atoms with Gasteiger partial charge in [-0.15, -0.1) is 0 Å². The number of nitrogens with two attached hydrogens (primary N) is 1. The summed E-state index contributed by atoms with van der Waals surface area (Å²) in [5.41, 5.74) is 8.33. The van der Waals surface area contributed by atoms with E-state index in [9.17, 15) is 18.5 Å². The van der Waals surface area contributed by atoms with Crippen LogP contribution in [0.1, 0.15) is 28.8 Å². The van der Waals surface area contributed by atoms with Gasteiger partial charge in [0.2, 0.25) is 10.0 Å². The Morgan fingerprint density at radius 3 is 1.90 bits per heavy atom. The highest BCUT2D eigenvalue weighted by Gasteiger charge is 2.26. The maximum atomic E-state index is 12.8. The SMILES string of the molecule is NC(c1ccccc1)C(NS(=O)(=O)Cc1ccc([N+](=O)[O-])cc1)c1ccccc1. The molecular weight excluding hydrogens is 390 g/mol. The van der Waals surface area contributed by atoms with E-state index in [0.29, 0.717) is 5.56 Å². The Balaban J connectivity index is 1.85. The van der Waals surface area contributed by atoms with Crippen LogP contribution < -0.4 is 10.5 Å². The topological polar surface area (TPSA) is 115 Å². The average molecular weight is 411 g/mol. The van der Waals surface area contributed by atoms with E-state index in [1.54, 1.807) is 0 Å². The Labute approximate surface area is 169 Å². The molecule has 0 bridgehead atoms. The Bertz CT molecular complexity index is 1060. The second-order valence-corrected chi connectivity index (χ2v) is 8.38. The second-order valence-electron chi connectivity index (χ2n) is 6.63. The van der Waals surface area contributed by atoms with Crippen LogP contribution in [0.25, 0.3) is 0 Å². The third-order valence-corrected chi connectivity index (χ3v) is 5.84. The molecule has 3 aromatic carbocycles. The van der Waals surface area contributed by atoms with Crippen molar-refractivity contribution in [2.45, 2.75) is 17.8 Å². The van der Waals surface area contributed by atoms with Gasteiger partial charge in [-0.25, -0.2) is 13.1 Å². The van der Waals surface area contributed by atoms with E-state index < -0.39 is 27.0 Å². The Kier molecular flexibility index (Phi) is 6.38. The fraction of sp³-hybridized carbons (Fsp3) is 0.143. The van der Waals surface area contributed by atoms with Crippen molar-refractivity contribution < 1.29 is 13.3 Å². The van der Waals surface area contributed by atoms with Gasteiger partial charge in [0.25, 0.3) is 5.69 Å². The fourth-order valence-corrected chi connectivity index (χ4v) is 4.43. The molecule has 0 aliphatic heterocycles. The number of benzene rings is 3. The van der Waals surface area contributed by atoms with Crippen molar-refractivity contribution in [3.05, 3.63) is 112 Å². The van der Waals surface area contributed by atoms with Crippen molar-refractivity contribution in [2.24, 2.45) is 5.73 Å². The monoisotopic (exact) mass is 411 g/mol. The smallest absolute Gasteiger partial charge is 0.269 e. The number of nitrogens with zero attached hydrogens (tertiary/aromatic N) is 1. The average Bonchev–Trinajstić information content (AvgIpc) is 2.73. The number of sulfonamides is 1. The Morgan fingerprint density at radius 1 is 0.862 bits per heavy atom. The highest BCUT2D eigenvalue weighted by molar-refractivity contribution is 7.88. The lowest BCUT2D eigenvalue weighted by Crippen LogP contribution is -2.36.